The van der Waals surface area contributed by atoms with Crippen LogP contribution >= 0.6 is 0 Å². The molecule has 4 rings (SSSR count). The van der Waals surface area contributed by atoms with Gasteiger partial charge in [-0.05, 0) is 42.7 Å². The highest BCUT2D eigenvalue weighted by Gasteiger charge is 2.25. The molecular formula is C22H23N3O4S. The van der Waals surface area contributed by atoms with Crippen LogP contribution in [0.25, 0.3) is 11.0 Å². The van der Waals surface area contributed by atoms with Crippen molar-refractivity contribution in [3.8, 4) is 0 Å². The van der Waals surface area contributed by atoms with E-state index in [0.717, 1.165) is 28.7 Å². The second kappa shape index (κ2) is 8.79. The van der Waals surface area contributed by atoms with E-state index in [1.165, 1.54) is 0 Å². The van der Waals surface area contributed by atoms with E-state index in [2.05, 4.69) is 10.3 Å². The molecule has 0 bridgehead atoms. The van der Waals surface area contributed by atoms with Crippen LogP contribution in [0.4, 0.5) is 0 Å². The summed E-state index contributed by atoms with van der Waals surface area (Å²) in [4.78, 5) is 30.3. The van der Waals surface area contributed by atoms with Gasteiger partial charge in [0.1, 0.15) is 0 Å². The van der Waals surface area contributed by atoms with Gasteiger partial charge in [0.05, 0.1) is 17.0 Å². The maximum atomic E-state index is 12.8. The number of rotatable bonds is 5. The quantitative estimate of drug-likeness (QED) is 0.679. The summed E-state index contributed by atoms with van der Waals surface area (Å²) in [6.45, 7) is 3.24. The third-order valence-electron chi connectivity index (χ3n) is 5.35. The SMILES string of the molecule is CC(=O)N1CCC(S(=O)c2ccc(CNC(=O)c3cc4ccncc4o3)cc2)CC1. The number of likely N-dealkylation sites (tertiary alicyclic amines) is 1. The number of pyridine rings is 1. The molecule has 1 unspecified atom stereocenters. The number of aromatic nitrogens is 1. The zero-order valence-corrected chi connectivity index (χ0v) is 17.5. The van der Waals surface area contributed by atoms with Crippen LogP contribution in [0, 0.1) is 0 Å². The van der Waals surface area contributed by atoms with Gasteiger partial charge < -0.3 is 14.6 Å². The molecule has 1 fully saturated rings. The molecule has 1 saturated heterocycles. The highest BCUT2D eigenvalue weighted by atomic mass is 32.2. The predicted octanol–water partition coefficient (Wildman–Crippen LogP) is 2.88. The largest absolute Gasteiger partial charge is 0.449 e. The fraction of sp³-hybridized carbons (Fsp3) is 0.318. The molecule has 1 N–H and O–H groups in total. The fourth-order valence-electron chi connectivity index (χ4n) is 3.58. The smallest absolute Gasteiger partial charge is 0.287 e. The molecule has 0 aliphatic carbocycles. The Morgan fingerprint density at radius 1 is 1.20 bits per heavy atom. The van der Waals surface area contributed by atoms with Crippen LogP contribution in [0.15, 0.2) is 58.1 Å². The Bertz CT molecular complexity index is 1050. The molecular weight excluding hydrogens is 402 g/mol. The molecule has 1 atom stereocenters. The van der Waals surface area contributed by atoms with E-state index < -0.39 is 10.8 Å². The number of furan rings is 1. The topological polar surface area (TPSA) is 92.5 Å². The maximum absolute atomic E-state index is 12.8. The summed E-state index contributed by atoms with van der Waals surface area (Å²) < 4.78 is 18.4. The molecule has 0 radical (unpaired) electrons. The number of hydrogen-bond donors (Lipinski definition) is 1. The van der Waals surface area contributed by atoms with Gasteiger partial charge in [0, 0.05) is 48.3 Å². The summed E-state index contributed by atoms with van der Waals surface area (Å²) in [6.07, 6.45) is 4.72. The number of hydrogen-bond acceptors (Lipinski definition) is 5. The Balaban J connectivity index is 1.33. The molecule has 1 aromatic carbocycles. The number of piperidine rings is 1. The van der Waals surface area contributed by atoms with Crippen molar-refractivity contribution in [2.45, 2.75) is 36.5 Å². The maximum Gasteiger partial charge on any atom is 0.287 e. The van der Waals surface area contributed by atoms with E-state index in [9.17, 15) is 13.8 Å². The lowest BCUT2D eigenvalue weighted by molar-refractivity contribution is -0.129. The van der Waals surface area contributed by atoms with Gasteiger partial charge in [0.25, 0.3) is 5.91 Å². The molecule has 3 aromatic rings. The van der Waals surface area contributed by atoms with E-state index in [0.29, 0.717) is 25.2 Å². The number of nitrogens with zero attached hydrogens (tertiary/aromatic N) is 2. The average Bonchev–Trinajstić information content (AvgIpc) is 3.22. The number of fused-ring (bicyclic) bond motifs is 1. The lowest BCUT2D eigenvalue weighted by Gasteiger charge is -2.30. The molecule has 1 aliphatic heterocycles. The molecule has 1 aliphatic rings. The Labute approximate surface area is 176 Å². The third kappa shape index (κ3) is 4.43. The molecule has 0 spiro atoms. The van der Waals surface area contributed by atoms with E-state index in [4.69, 9.17) is 4.42 Å². The van der Waals surface area contributed by atoms with Crippen LogP contribution in [0.1, 0.15) is 35.9 Å². The minimum absolute atomic E-state index is 0.0636. The van der Waals surface area contributed by atoms with Gasteiger partial charge >= 0.3 is 0 Å². The fourth-order valence-corrected chi connectivity index (χ4v) is 5.01. The van der Waals surface area contributed by atoms with Gasteiger partial charge in [-0.1, -0.05) is 12.1 Å². The first-order valence-corrected chi connectivity index (χ1v) is 11.1. The highest BCUT2D eigenvalue weighted by Crippen LogP contribution is 2.22. The van der Waals surface area contributed by atoms with Crippen LogP contribution in [-0.4, -0.2) is 44.2 Å². The summed E-state index contributed by atoms with van der Waals surface area (Å²) in [5.74, 6) is 0.0219. The summed E-state index contributed by atoms with van der Waals surface area (Å²) in [5.41, 5.74) is 1.48. The second-order valence-corrected chi connectivity index (χ2v) is 9.09. The molecule has 2 aromatic heterocycles. The number of carbonyl (C=O) groups is 2. The first-order chi connectivity index (χ1) is 14.5. The van der Waals surface area contributed by atoms with Crippen molar-refractivity contribution in [2.24, 2.45) is 0 Å². The van der Waals surface area contributed by atoms with Gasteiger partial charge in [0.2, 0.25) is 5.91 Å². The normalized spacial score (nSPS) is 15.8. The molecule has 0 saturated carbocycles. The minimum Gasteiger partial charge on any atom is -0.449 e. The Morgan fingerprint density at radius 2 is 1.93 bits per heavy atom. The van der Waals surface area contributed by atoms with Gasteiger partial charge in [-0.2, -0.15) is 0 Å². The van der Waals surface area contributed by atoms with Gasteiger partial charge in [-0.15, -0.1) is 0 Å². The third-order valence-corrected chi connectivity index (χ3v) is 7.16. The van der Waals surface area contributed by atoms with Crippen molar-refractivity contribution in [1.29, 1.82) is 0 Å². The lowest BCUT2D eigenvalue weighted by atomic mass is 10.1. The molecule has 3 heterocycles. The Morgan fingerprint density at radius 3 is 2.60 bits per heavy atom. The van der Waals surface area contributed by atoms with Crippen molar-refractivity contribution in [1.82, 2.24) is 15.2 Å². The monoisotopic (exact) mass is 425 g/mol. The minimum atomic E-state index is -1.10. The molecule has 7 nitrogen and oxygen atoms in total. The van der Waals surface area contributed by atoms with E-state index in [1.807, 2.05) is 24.3 Å². The van der Waals surface area contributed by atoms with Crippen LogP contribution in [0.5, 0.6) is 0 Å². The van der Waals surface area contributed by atoms with E-state index in [-0.39, 0.29) is 22.8 Å². The van der Waals surface area contributed by atoms with Crippen molar-refractivity contribution < 1.29 is 18.2 Å². The van der Waals surface area contributed by atoms with E-state index >= 15 is 0 Å². The summed E-state index contributed by atoms with van der Waals surface area (Å²) in [5, 5.41) is 3.73. The average molecular weight is 426 g/mol. The van der Waals surface area contributed by atoms with Gasteiger partial charge in [-0.25, -0.2) is 0 Å². The van der Waals surface area contributed by atoms with Crippen molar-refractivity contribution in [3.05, 3.63) is 60.1 Å². The second-order valence-electron chi connectivity index (χ2n) is 7.35. The highest BCUT2D eigenvalue weighted by molar-refractivity contribution is 7.85. The Kier molecular flexibility index (Phi) is 5.94. The first-order valence-electron chi connectivity index (χ1n) is 9.88. The van der Waals surface area contributed by atoms with Crippen molar-refractivity contribution in [3.63, 3.8) is 0 Å². The number of amides is 2. The molecule has 30 heavy (non-hydrogen) atoms. The summed E-state index contributed by atoms with van der Waals surface area (Å²) in [6, 6.07) is 10.9. The van der Waals surface area contributed by atoms with Crippen LogP contribution in [-0.2, 0) is 22.1 Å². The lowest BCUT2D eigenvalue weighted by Crippen LogP contribution is -2.40. The molecule has 156 valence electrons. The molecule has 2 amide bonds. The van der Waals surface area contributed by atoms with E-state index in [1.54, 1.807) is 36.4 Å². The standard InChI is InChI=1S/C22H23N3O4S/c1-15(26)25-10-7-19(8-11-25)30(28)18-4-2-16(3-5-18)13-24-22(27)20-12-17-6-9-23-14-21(17)29-20/h2-6,9,12,14,19H,7-8,10-11,13H2,1H3,(H,24,27). The number of carbonyl (C=O) groups excluding carboxylic acids is 2. The molecule has 8 heteroatoms. The van der Waals surface area contributed by atoms with Gasteiger partial charge in [-0.3, -0.25) is 18.8 Å². The van der Waals surface area contributed by atoms with Crippen LogP contribution in [0.2, 0.25) is 0 Å². The number of nitrogens with one attached hydrogen (secondary N) is 1. The van der Waals surface area contributed by atoms with Crippen molar-refractivity contribution >= 4 is 33.6 Å². The van der Waals surface area contributed by atoms with Gasteiger partial charge in [0.15, 0.2) is 11.3 Å². The van der Waals surface area contributed by atoms with Crippen LogP contribution in [0.3, 0.4) is 0 Å². The number of benzene rings is 1. The van der Waals surface area contributed by atoms with Crippen molar-refractivity contribution in [2.75, 3.05) is 13.1 Å². The first kappa shape index (κ1) is 20.3. The zero-order valence-electron chi connectivity index (χ0n) is 16.7. The summed E-state index contributed by atoms with van der Waals surface area (Å²) >= 11 is 0. The summed E-state index contributed by atoms with van der Waals surface area (Å²) in [7, 11) is -1.10. The predicted molar refractivity (Wildman–Crippen MR) is 113 cm³/mol. The van der Waals surface area contributed by atoms with Crippen LogP contribution < -0.4 is 5.32 Å². The Hall–Kier alpha value is -3.00. The zero-order chi connectivity index (χ0) is 21.1.